The number of nitrogens with zero attached hydrogens (tertiary/aromatic N) is 2. The standard InChI is InChI=1S/C22H29N3OS/c23-27(26)21-10-8-20(9-11-21)25-16-14-24(15-17-25)13-12-19-6-3-5-18-4-1-2-7-22(18)19/h1-2,4,7-11,19H,3,5-6,12-17,23H2. The third-order valence-electron chi connectivity index (χ3n) is 6.09. The molecule has 0 bridgehead atoms. The molecule has 0 spiro atoms. The number of nitrogens with two attached hydrogens (primary N) is 1. The molecule has 1 fully saturated rings. The highest BCUT2D eigenvalue weighted by molar-refractivity contribution is 7.82. The fraction of sp³-hybridized carbons (Fsp3) is 0.455. The smallest absolute Gasteiger partial charge is 0.122 e. The summed E-state index contributed by atoms with van der Waals surface area (Å²) in [6, 6.07) is 16.8. The summed E-state index contributed by atoms with van der Waals surface area (Å²) in [6.07, 6.45) is 5.20. The van der Waals surface area contributed by atoms with Crippen LogP contribution in [-0.2, 0) is 17.4 Å². The summed E-state index contributed by atoms with van der Waals surface area (Å²) in [6.45, 7) is 5.51. The van der Waals surface area contributed by atoms with Crippen LogP contribution in [-0.4, -0.2) is 41.8 Å². The molecule has 2 atom stereocenters. The number of benzene rings is 2. The second-order valence-electron chi connectivity index (χ2n) is 7.70. The van der Waals surface area contributed by atoms with E-state index >= 15 is 0 Å². The molecule has 0 amide bonds. The summed E-state index contributed by atoms with van der Waals surface area (Å²) in [5.41, 5.74) is 4.37. The second kappa shape index (κ2) is 8.55. The van der Waals surface area contributed by atoms with E-state index in [1.807, 2.05) is 24.3 Å². The molecular weight excluding hydrogens is 354 g/mol. The van der Waals surface area contributed by atoms with Crippen molar-refractivity contribution in [3.8, 4) is 0 Å². The van der Waals surface area contributed by atoms with E-state index in [1.165, 1.54) is 37.9 Å². The van der Waals surface area contributed by atoms with E-state index in [2.05, 4.69) is 34.1 Å². The Bertz CT molecular complexity index is 784. The minimum Gasteiger partial charge on any atom is -0.369 e. The maximum atomic E-state index is 11.3. The van der Waals surface area contributed by atoms with Crippen LogP contribution in [0.15, 0.2) is 53.4 Å². The van der Waals surface area contributed by atoms with E-state index in [-0.39, 0.29) is 0 Å². The molecule has 1 heterocycles. The van der Waals surface area contributed by atoms with Crippen molar-refractivity contribution in [1.29, 1.82) is 0 Å². The van der Waals surface area contributed by atoms with Gasteiger partial charge in [-0.2, -0.15) is 0 Å². The molecule has 4 rings (SSSR count). The van der Waals surface area contributed by atoms with Gasteiger partial charge in [-0.3, -0.25) is 4.90 Å². The monoisotopic (exact) mass is 383 g/mol. The molecule has 2 aromatic rings. The molecule has 2 N–H and O–H groups in total. The van der Waals surface area contributed by atoms with E-state index in [4.69, 9.17) is 5.14 Å². The molecule has 1 aliphatic heterocycles. The van der Waals surface area contributed by atoms with Crippen molar-refractivity contribution in [3.05, 3.63) is 59.7 Å². The minimum absolute atomic E-state index is 0.685. The maximum Gasteiger partial charge on any atom is 0.122 e. The van der Waals surface area contributed by atoms with Crippen LogP contribution in [0.4, 0.5) is 5.69 Å². The Hall–Kier alpha value is -1.69. The van der Waals surface area contributed by atoms with Crippen LogP contribution in [0.5, 0.6) is 0 Å². The minimum atomic E-state index is -1.40. The number of aryl methyl sites for hydroxylation is 1. The zero-order valence-corrected chi connectivity index (χ0v) is 16.7. The van der Waals surface area contributed by atoms with Crippen molar-refractivity contribution in [3.63, 3.8) is 0 Å². The molecule has 4 nitrogen and oxygen atoms in total. The normalized spacial score (nSPS) is 21.7. The molecule has 0 saturated carbocycles. The first-order valence-corrected chi connectivity index (χ1v) is 11.2. The van der Waals surface area contributed by atoms with Crippen LogP contribution >= 0.6 is 0 Å². The largest absolute Gasteiger partial charge is 0.369 e. The van der Waals surface area contributed by atoms with Gasteiger partial charge in [0.2, 0.25) is 0 Å². The Kier molecular flexibility index (Phi) is 5.91. The van der Waals surface area contributed by atoms with Crippen molar-refractivity contribution in [2.45, 2.75) is 36.5 Å². The van der Waals surface area contributed by atoms with Gasteiger partial charge in [-0.25, -0.2) is 9.35 Å². The molecule has 2 aromatic carbocycles. The highest BCUT2D eigenvalue weighted by Gasteiger charge is 2.22. The average molecular weight is 384 g/mol. The van der Waals surface area contributed by atoms with Crippen molar-refractivity contribution in [2.75, 3.05) is 37.6 Å². The predicted molar refractivity (Wildman–Crippen MR) is 112 cm³/mol. The van der Waals surface area contributed by atoms with Gasteiger partial charge in [0.15, 0.2) is 0 Å². The molecular formula is C22H29N3OS. The topological polar surface area (TPSA) is 49.6 Å². The lowest BCUT2D eigenvalue weighted by Gasteiger charge is -2.37. The van der Waals surface area contributed by atoms with Crippen LogP contribution in [0.2, 0.25) is 0 Å². The molecule has 0 radical (unpaired) electrons. The highest BCUT2D eigenvalue weighted by atomic mass is 32.2. The summed E-state index contributed by atoms with van der Waals surface area (Å²) in [5, 5.41) is 5.44. The van der Waals surface area contributed by atoms with Gasteiger partial charge in [-0.05, 0) is 73.5 Å². The fourth-order valence-electron chi connectivity index (χ4n) is 4.51. The summed E-state index contributed by atoms with van der Waals surface area (Å²) in [5.74, 6) is 0.734. The summed E-state index contributed by atoms with van der Waals surface area (Å²) in [7, 11) is -1.40. The second-order valence-corrected chi connectivity index (χ2v) is 8.76. The van der Waals surface area contributed by atoms with Crippen molar-refractivity contribution >= 4 is 16.7 Å². The van der Waals surface area contributed by atoms with Gasteiger partial charge < -0.3 is 4.90 Å². The summed E-state index contributed by atoms with van der Waals surface area (Å²) in [4.78, 5) is 5.71. The first-order chi connectivity index (χ1) is 13.2. The summed E-state index contributed by atoms with van der Waals surface area (Å²) < 4.78 is 11.3. The molecule has 27 heavy (non-hydrogen) atoms. The van der Waals surface area contributed by atoms with E-state index < -0.39 is 11.0 Å². The Morgan fingerprint density at radius 1 is 1.00 bits per heavy atom. The van der Waals surface area contributed by atoms with Gasteiger partial charge >= 0.3 is 0 Å². The number of fused-ring (bicyclic) bond motifs is 1. The van der Waals surface area contributed by atoms with Crippen LogP contribution < -0.4 is 10.0 Å². The maximum absolute atomic E-state index is 11.3. The van der Waals surface area contributed by atoms with Gasteiger partial charge in [-0.15, -0.1) is 0 Å². The zero-order chi connectivity index (χ0) is 18.6. The molecule has 5 heteroatoms. The Morgan fingerprint density at radius 3 is 2.48 bits per heavy atom. The van der Waals surface area contributed by atoms with Gasteiger partial charge in [0.05, 0.1) is 4.90 Å². The van der Waals surface area contributed by atoms with Crippen molar-refractivity contribution < 1.29 is 4.21 Å². The van der Waals surface area contributed by atoms with Gasteiger partial charge in [-0.1, -0.05) is 24.3 Å². The van der Waals surface area contributed by atoms with Gasteiger partial charge in [0, 0.05) is 31.9 Å². The average Bonchev–Trinajstić information content (AvgIpc) is 2.72. The molecule has 1 saturated heterocycles. The molecule has 1 aliphatic carbocycles. The van der Waals surface area contributed by atoms with Crippen molar-refractivity contribution in [2.24, 2.45) is 5.14 Å². The predicted octanol–water partition coefficient (Wildman–Crippen LogP) is 3.30. The van der Waals surface area contributed by atoms with Crippen LogP contribution in [0.3, 0.4) is 0 Å². The lowest BCUT2D eigenvalue weighted by atomic mass is 9.81. The first kappa shape index (κ1) is 18.7. The Labute approximate surface area is 164 Å². The molecule has 2 unspecified atom stereocenters. The SMILES string of the molecule is NS(=O)c1ccc(N2CCN(CCC3CCCc4ccccc43)CC2)cc1. The van der Waals surface area contributed by atoms with Gasteiger partial charge in [0.1, 0.15) is 11.0 Å². The molecule has 0 aromatic heterocycles. The third-order valence-corrected chi connectivity index (χ3v) is 6.83. The molecule has 2 aliphatic rings. The number of anilines is 1. The number of hydrogen-bond donors (Lipinski definition) is 1. The van der Waals surface area contributed by atoms with E-state index in [9.17, 15) is 4.21 Å². The Balaban J connectivity index is 1.28. The van der Waals surface area contributed by atoms with E-state index in [1.54, 1.807) is 11.1 Å². The van der Waals surface area contributed by atoms with E-state index in [0.717, 1.165) is 32.1 Å². The van der Waals surface area contributed by atoms with Crippen LogP contribution in [0, 0.1) is 0 Å². The lowest BCUT2D eigenvalue weighted by Crippen LogP contribution is -2.46. The number of piperazine rings is 1. The quantitative estimate of drug-likeness (QED) is 0.862. The van der Waals surface area contributed by atoms with E-state index in [0.29, 0.717) is 4.90 Å². The highest BCUT2D eigenvalue weighted by Crippen LogP contribution is 2.34. The third kappa shape index (κ3) is 4.42. The molecule has 144 valence electrons. The zero-order valence-electron chi connectivity index (χ0n) is 15.8. The van der Waals surface area contributed by atoms with Gasteiger partial charge in [0.25, 0.3) is 0 Å². The van der Waals surface area contributed by atoms with Crippen LogP contribution in [0.1, 0.15) is 36.3 Å². The fourth-order valence-corrected chi connectivity index (χ4v) is 4.92. The van der Waals surface area contributed by atoms with Crippen molar-refractivity contribution in [1.82, 2.24) is 4.90 Å². The van der Waals surface area contributed by atoms with Crippen LogP contribution in [0.25, 0.3) is 0 Å². The lowest BCUT2D eigenvalue weighted by molar-refractivity contribution is 0.245. The summed E-state index contributed by atoms with van der Waals surface area (Å²) >= 11 is 0. The first-order valence-electron chi connectivity index (χ1n) is 10.0. The number of hydrogen-bond acceptors (Lipinski definition) is 3. The Morgan fingerprint density at radius 2 is 1.74 bits per heavy atom. The number of rotatable bonds is 5.